The Morgan fingerprint density at radius 3 is 2.76 bits per heavy atom. The fourth-order valence-electron chi connectivity index (χ4n) is 3.35. The van der Waals surface area contributed by atoms with E-state index in [1.165, 1.54) is 0 Å². The Balaban J connectivity index is 1.83. The number of ether oxygens (including phenoxy) is 1. The van der Waals surface area contributed by atoms with E-state index in [0.717, 1.165) is 25.9 Å². The summed E-state index contributed by atoms with van der Waals surface area (Å²) in [6.45, 7) is 2.80. The lowest BCUT2D eigenvalue weighted by Gasteiger charge is -2.32. The fourth-order valence-corrected chi connectivity index (χ4v) is 3.35. The zero-order valence-corrected chi connectivity index (χ0v) is 10.5. The van der Waals surface area contributed by atoms with E-state index < -0.39 is 5.92 Å². The molecular formula is C13H23F2NO. The summed E-state index contributed by atoms with van der Waals surface area (Å²) in [7, 11) is 0. The van der Waals surface area contributed by atoms with E-state index in [2.05, 4.69) is 0 Å². The molecule has 2 N–H and O–H groups in total. The predicted molar refractivity (Wildman–Crippen MR) is 63.0 cm³/mol. The molecule has 4 atom stereocenters. The molecule has 0 spiro atoms. The van der Waals surface area contributed by atoms with Crippen LogP contribution in [-0.4, -0.2) is 24.7 Å². The Morgan fingerprint density at radius 2 is 2.18 bits per heavy atom. The highest BCUT2D eigenvalue weighted by atomic mass is 19.3. The molecule has 0 aromatic heterocycles. The van der Waals surface area contributed by atoms with Crippen LogP contribution in [0.2, 0.25) is 0 Å². The summed E-state index contributed by atoms with van der Waals surface area (Å²) in [6, 6.07) is 0.0198. The van der Waals surface area contributed by atoms with Gasteiger partial charge in [0.15, 0.2) is 0 Å². The summed E-state index contributed by atoms with van der Waals surface area (Å²) >= 11 is 0. The maximum Gasteiger partial charge on any atom is 0.248 e. The van der Waals surface area contributed by atoms with Crippen molar-refractivity contribution in [2.75, 3.05) is 6.61 Å². The Bertz CT molecular complexity index is 260. The maximum atomic E-state index is 13.3. The van der Waals surface area contributed by atoms with Gasteiger partial charge in [-0.05, 0) is 38.5 Å². The molecule has 100 valence electrons. The van der Waals surface area contributed by atoms with Gasteiger partial charge in [-0.25, -0.2) is 8.78 Å². The average Bonchev–Trinajstić information content (AvgIpc) is 2.62. The zero-order valence-electron chi connectivity index (χ0n) is 10.5. The number of hydrogen-bond donors (Lipinski definition) is 1. The molecule has 1 aliphatic heterocycles. The van der Waals surface area contributed by atoms with Crippen molar-refractivity contribution in [1.82, 2.24) is 0 Å². The molecule has 4 unspecified atom stereocenters. The smallest absolute Gasteiger partial charge is 0.248 e. The molecular weight excluding hydrogens is 224 g/mol. The molecule has 2 nitrogen and oxygen atoms in total. The lowest BCUT2D eigenvalue weighted by atomic mass is 9.79. The first-order valence-corrected chi connectivity index (χ1v) is 6.73. The highest BCUT2D eigenvalue weighted by molar-refractivity contribution is 4.86. The lowest BCUT2D eigenvalue weighted by molar-refractivity contribution is -0.0553. The summed E-state index contributed by atoms with van der Waals surface area (Å²) in [6.07, 6.45) is 3.53. The third-order valence-corrected chi connectivity index (χ3v) is 4.33. The van der Waals surface area contributed by atoms with Gasteiger partial charge in [0, 0.05) is 31.4 Å². The Kier molecular flexibility index (Phi) is 4.03. The normalized spacial score (nSPS) is 39.2. The maximum absolute atomic E-state index is 13.3. The summed E-state index contributed by atoms with van der Waals surface area (Å²) in [5.41, 5.74) is 6.16. The Labute approximate surface area is 102 Å². The molecule has 0 aromatic rings. The van der Waals surface area contributed by atoms with Crippen molar-refractivity contribution in [2.24, 2.45) is 17.6 Å². The van der Waals surface area contributed by atoms with Crippen LogP contribution in [0.4, 0.5) is 8.78 Å². The molecule has 1 saturated carbocycles. The standard InChI is InChI=1S/C13H23F2NO/c1-9-11(4-6-17-9)12(16)7-10-3-2-5-13(14,15)8-10/h9-12H,2-8,16H2,1H3. The number of alkyl halides is 2. The minimum atomic E-state index is -2.46. The van der Waals surface area contributed by atoms with Crippen molar-refractivity contribution in [3.8, 4) is 0 Å². The highest BCUT2D eigenvalue weighted by Crippen LogP contribution is 2.39. The van der Waals surface area contributed by atoms with Crippen molar-refractivity contribution in [2.45, 2.75) is 63.5 Å². The van der Waals surface area contributed by atoms with Gasteiger partial charge in [0.1, 0.15) is 0 Å². The second-order valence-corrected chi connectivity index (χ2v) is 5.75. The second kappa shape index (κ2) is 5.19. The van der Waals surface area contributed by atoms with Crippen LogP contribution in [0.1, 0.15) is 45.4 Å². The molecule has 0 amide bonds. The molecule has 0 radical (unpaired) electrons. The summed E-state index contributed by atoms with van der Waals surface area (Å²) < 4.78 is 32.1. The molecule has 17 heavy (non-hydrogen) atoms. The third kappa shape index (κ3) is 3.38. The number of halogens is 2. The quantitative estimate of drug-likeness (QED) is 0.832. The monoisotopic (exact) mass is 247 g/mol. The minimum absolute atomic E-state index is 0.0198. The lowest BCUT2D eigenvalue weighted by Crippen LogP contribution is -2.38. The van der Waals surface area contributed by atoms with Crippen LogP contribution in [-0.2, 0) is 4.74 Å². The van der Waals surface area contributed by atoms with Gasteiger partial charge in [0.2, 0.25) is 5.92 Å². The van der Waals surface area contributed by atoms with Gasteiger partial charge in [-0.1, -0.05) is 0 Å². The van der Waals surface area contributed by atoms with Gasteiger partial charge in [0.25, 0.3) is 0 Å². The first-order chi connectivity index (χ1) is 7.98. The van der Waals surface area contributed by atoms with Crippen molar-refractivity contribution >= 4 is 0 Å². The van der Waals surface area contributed by atoms with E-state index in [0.29, 0.717) is 12.3 Å². The largest absolute Gasteiger partial charge is 0.378 e. The summed E-state index contributed by atoms with van der Waals surface area (Å²) in [5.74, 6) is -2.01. The van der Waals surface area contributed by atoms with Crippen LogP contribution in [0.5, 0.6) is 0 Å². The van der Waals surface area contributed by atoms with Gasteiger partial charge >= 0.3 is 0 Å². The number of rotatable bonds is 3. The van der Waals surface area contributed by atoms with Crippen molar-refractivity contribution in [3.63, 3.8) is 0 Å². The van der Waals surface area contributed by atoms with Gasteiger partial charge in [-0.3, -0.25) is 0 Å². The van der Waals surface area contributed by atoms with E-state index in [-0.39, 0.29) is 30.9 Å². The van der Waals surface area contributed by atoms with Crippen LogP contribution in [0.25, 0.3) is 0 Å². The Morgan fingerprint density at radius 1 is 1.41 bits per heavy atom. The molecule has 4 heteroatoms. The van der Waals surface area contributed by atoms with E-state index in [9.17, 15) is 8.78 Å². The van der Waals surface area contributed by atoms with Crippen molar-refractivity contribution in [1.29, 1.82) is 0 Å². The van der Waals surface area contributed by atoms with Crippen molar-refractivity contribution < 1.29 is 13.5 Å². The summed E-state index contributed by atoms with van der Waals surface area (Å²) in [5, 5.41) is 0. The zero-order chi connectivity index (χ0) is 12.5. The first-order valence-electron chi connectivity index (χ1n) is 6.73. The van der Waals surface area contributed by atoms with E-state index in [1.54, 1.807) is 0 Å². The molecule has 0 aromatic carbocycles. The van der Waals surface area contributed by atoms with E-state index in [4.69, 9.17) is 10.5 Å². The minimum Gasteiger partial charge on any atom is -0.378 e. The molecule has 2 fully saturated rings. The first kappa shape index (κ1) is 13.2. The highest BCUT2D eigenvalue weighted by Gasteiger charge is 2.38. The van der Waals surface area contributed by atoms with Crippen LogP contribution in [0.3, 0.4) is 0 Å². The predicted octanol–water partition coefficient (Wildman–Crippen LogP) is 2.95. The number of hydrogen-bond acceptors (Lipinski definition) is 2. The van der Waals surface area contributed by atoms with Crippen LogP contribution < -0.4 is 5.73 Å². The van der Waals surface area contributed by atoms with Gasteiger partial charge in [-0.15, -0.1) is 0 Å². The fraction of sp³-hybridized carbons (Fsp3) is 1.00. The van der Waals surface area contributed by atoms with Gasteiger partial charge in [0.05, 0.1) is 6.10 Å². The second-order valence-electron chi connectivity index (χ2n) is 5.75. The molecule has 2 aliphatic rings. The summed E-state index contributed by atoms with van der Waals surface area (Å²) in [4.78, 5) is 0. The van der Waals surface area contributed by atoms with Crippen LogP contribution in [0.15, 0.2) is 0 Å². The molecule has 0 bridgehead atoms. The van der Waals surface area contributed by atoms with Crippen LogP contribution >= 0.6 is 0 Å². The SMILES string of the molecule is CC1OCCC1C(N)CC1CCCC(F)(F)C1. The van der Waals surface area contributed by atoms with Gasteiger partial charge in [-0.2, -0.15) is 0 Å². The van der Waals surface area contributed by atoms with Gasteiger partial charge < -0.3 is 10.5 Å². The van der Waals surface area contributed by atoms with E-state index >= 15 is 0 Å². The average molecular weight is 247 g/mol. The van der Waals surface area contributed by atoms with E-state index in [1.807, 2.05) is 6.92 Å². The third-order valence-electron chi connectivity index (χ3n) is 4.33. The molecule has 2 rings (SSSR count). The molecule has 1 saturated heterocycles. The number of nitrogens with two attached hydrogens (primary N) is 1. The topological polar surface area (TPSA) is 35.2 Å². The van der Waals surface area contributed by atoms with Crippen LogP contribution in [0, 0.1) is 11.8 Å². The molecule has 1 aliphatic carbocycles. The molecule has 1 heterocycles. The van der Waals surface area contributed by atoms with Crippen molar-refractivity contribution in [3.05, 3.63) is 0 Å². The Hall–Kier alpha value is -0.220.